The molecule has 1 aliphatic rings. The Kier molecular flexibility index (Phi) is 5.51. The van der Waals surface area contributed by atoms with Gasteiger partial charge in [0.1, 0.15) is 0 Å². The van der Waals surface area contributed by atoms with E-state index in [9.17, 15) is 9.59 Å². The molecule has 0 aliphatic carbocycles. The van der Waals surface area contributed by atoms with Crippen molar-refractivity contribution in [3.63, 3.8) is 0 Å². The first-order valence-electron chi connectivity index (χ1n) is 7.48. The predicted octanol–water partition coefficient (Wildman–Crippen LogP) is 1.73. The molecule has 0 saturated carbocycles. The zero-order valence-electron chi connectivity index (χ0n) is 13.3. The van der Waals surface area contributed by atoms with Gasteiger partial charge < -0.3 is 20.3 Å². The van der Waals surface area contributed by atoms with Gasteiger partial charge in [-0.15, -0.1) is 0 Å². The highest BCUT2D eigenvalue weighted by molar-refractivity contribution is 5.95. The van der Waals surface area contributed by atoms with E-state index < -0.39 is 0 Å². The Labute approximate surface area is 130 Å². The van der Waals surface area contributed by atoms with Gasteiger partial charge in [0.25, 0.3) is 0 Å². The number of likely N-dealkylation sites (N-methyl/N-ethyl adjacent to an activating group) is 1. The summed E-state index contributed by atoms with van der Waals surface area (Å²) in [5, 5.41) is 5.72. The fourth-order valence-electron chi connectivity index (χ4n) is 2.61. The molecule has 6 heteroatoms. The van der Waals surface area contributed by atoms with Gasteiger partial charge in [-0.3, -0.25) is 4.79 Å². The molecule has 1 aromatic carbocycles. The second kappa shape index (κ2) is 7.38. The molecule has 2 atom stereocenters. The van der Waals surface area contributed by atoms with Crippen LogP contribution < -0.4 is 10.6 Å². The fourth-order valence-corrected chi connectivity index (χ4v) is 2.61. The average molecular weight is 305 g/mol. The third-order valence-electron chi connectivity index (χ3n) is 3.70. The Bertz CT molecular complexity index is 530. The molecule has 1 aliphatic heterocycles. The number of hydrogen-bond acceptors (Lipinski definition) is 4. The van der Waals surface area contributed by atoms with Crippen LogP contribution in [0.25, 0.3) is 0 Å². The Morgan fingerprint density at radius 1 is 1.27 bits per heavy atom. The maximum Gasteiger partial charge on any atom is 0.319 e. The Hall–Kier alpha value is -1.92. The van der Waals surface area contributed by atoms with E-state index >= 15 is 0 Å². The summed E-state index contributed by atoms with van der Waals surface area (Å²) < 4.78 is 5.66. The highest BCUT2D eigenvalue weighted by Crippen LogP contribution is 2.13. The van der Waals surface area contributed by atoms with E-state index in [4.69, 9.17) is 4.74 Å². The van der Waals surface area contributed by atoms with E-state index in [1.165, 1.54) is 6.92 Å². The third-order valence-corrected chi connectivity index (χ3v) is 3.70. The number of anilines is 1. The molecule has 0 unspecified atom stereocenters. The van der Waals surface area contributed by atoms with Crippen LogP contribution in [-0.2, 0) is 4.74 Å². The summed E-state index contributed by atoms with van der Waals surface area (Å²) in [6.07, 6.45) is 0.0147. The second-order valence-electron chi connectivity index (χ2n) is 5.55. The molecule has 22 heavy (non-hydrogen) atoms. The SMILES string of the molecule is CCO[C@H]1CN(C)C[C@@H]1NC(=O)Nc1ccc(C(C)=O)cc1. The van der Waals surface area contributed by atoms with Gasteiger partial charge in [-0.2, -0.15) is 0 Å². The first kappa shape index (κ1) is 16.5. The number of ketones is 1. The number of amides is 2. The normalized spacial score (nSPS) is 21.6. The smallest absolute Gasteiger partial charge is 0.319 e. The predicted molar refractivity (Wildman–Crippen MR) is 85.3 cm³/mol. The Morgan fingerprint density at radius 2 is 1.95 bits per heavy atom. The number of urea groups is 1. The highest BCUT2D eigenvalue weighted by Gasteiger charge is 2.32. The summed E-state index contributed by atoms with van der Waals surface area (Å²) in [4.78, 5) is 25.4. The van der Waals surface area contributed by atoms with Crippen LogP contribution in [0.5, 0.6) is 0 Å². The van der Waals surface area contributed by atoms with Gasteiger partial charge in [0, 0.05) is 30.9 Å². The zero-order chi connectivity index (χ0) is 16.1. The molecule has 1 fully saturated rings. The number of carbonyl (C=O) groups is 2. The van der Waals surface area contributed by atoms with Crippen molar-refractivity contribution in [2.75, 3.05) is 32.1 Å². The van der Waals surface area contributed by atoms with E-state index in [2.05, 4.69) is 15.5 Å². The minimum absolute atomic E-state index is 0.00421. The van der Waals surface area contributed by atoms with Gasteiger partial charge in [0.15, 0.2) is 5.78 Å². The molecular weight excluding hydrogens is 282 g/mol. The number of carbonyl (C=O) groups excluding carboxylic acids is 2. The molecule has 0 radical (unpaired) electrons. The van der Waals surface area contributed by atoms with Gasteiger partial charge in [-0.05, 0) is 45.2 Å². The Morgan fingerprint density at radius 3 is 2.55 bits per heavy atom. The van der Waals surface area contributed by atoms with Gasteiger partial charge in [0.05, 0.1) is 12.1 Å². The summed E-state index contributed by atoms with van der Waals surface area (Å²) in [6.45, 7) is 5.67. The molecule has 1 aromatic rings. The number of nitrogens with one attached hydrogen (secondary N) is 2. The van der Waals surface area contributed by atoms with Crippen LogP contribution in [0, 0.1) is 0 Å². The summed E-state index contributed by atoms with van der Waals surface area (Å²) >= 11 is 0. The van der Waals surface area contributed by atoms with Crippen LogP contribution in [0.3, 0.4) is 0 Å². The van der Waals surface area contributed by atoms with Crippen molar-refractivity contribution in [2.45, 2.75) is 26.0 Å². The first-order chi connectivity index (χ1) is 10.5. The molecule has 2 rings (SSSR count). The molecule has 0 spiro atoms. The van der Waals surface area contributed by atoms with Crippen molar-refractivity contribution < 1.29 is 14.3 Å². The monoisotopic (exact) mass is 305 g/mol. The van der Waals surface area contributed by atoms with Crippen molar-refractivity contribution in [3.05, 3.63) is 29.8 Å². The van der Waals surface area contributed by atoms with Crippen LogP contribution >= 0.6 is 0 Å². The quantitative estimate of drug-likeness (QED) is 0.813. The van der Waals surface area contributed by atoms with Gasteiger partial charge in [-0.25, -0.2) is 4.79 Å². The van der Waals surface area contributed by atoms with Crippen molar-refractivity contribution in [3.8, 4) is 0 Å². The number of rotatable bonds is 5. The standard InChI is InChI=1S/C16H23N3O3/c1-4-22-15-10-19(3)9-14(15)18-16(21)17-13-7-5-12(6-8-13)11(2)20/h5-8,14-15H,4,9-10H2,1-3H3,(H2,17,18,21)/t14-,15-/m0/s1. The number of ether oxygens (including phenoxy) is 1. The van der Waals surface area contributed by atoms with Crippen molar-refractivity contribution in [1.29, 1.82) is 0 Å². The van der Waals surface area contributed by atoms with E-state index in [1.54, 1.807) is 24.3 Å². The van der Waals surface area contributed by atoms with Crippen molar-refractivity contribution >= 4 is 17.5 Å². The fraction of sp³-hybridized carbons (Fsp3) is 0.500. The molecule has 0 aromatic heterocycles. The average Bonchev–Trinajstić information content (AvgIpc) is 2.79. The molecular formula is C16H23N3O3. The first-order valence-corrected chi connectivity index (χ1v) is 7.48. The van der Waals surface area contributed by atoms with E-state index in [0.29, 0.717) is 17.9 Å². The molecule has 1 heterocycles. The summed E-state index contributed by atoms with van der Waals surface area (Å²) in [5.41, 5.74) is 1.28. The molecule has 6 nitrogen and oxygen atoms in total. The minimum Gasteiger partial charge on any atom is -0.375 e. The van der Waals surface area contributed by atoms with Gasteiger partial charge in [-0.1, -0.05) is 0 Å². The Balaban J connectivity index is 1.90. The zero-order valence-corrected chi connectivity index (χ0v) is 13.3. The van der Waals surface area contributed by atoms with Gasteiger partial charge >= 0.3 is 6.03 Å². The molecule has 1 saturated heterocycles. The summed E-state index contributed by atoms with van der Waals surface area (Å²) in [7, 11) is 2.01. The lowest BCUT2D eigenvalue weighted by Gasteiger charge is -2.20. The summed E-state index contributed by atoms with van der Waals surface area (Å²) in [6, 6.07) is 6.55. The highest BCUT2D eigenvalue weighted by atomic mass is 16.5. The maximum absolute atomic E-state index is 12.1. The molecule has 120 valence electrons. The lowest BCUT2D eigenvalue weighted by atomic mass is 10.1. The van der Waals surface area contributed by atoms with Gasteiger partial charge in [0.2, 0.25) is 0 Å². The van der Waals surface area contributed by atoms with E-state index in [1.807, 2.05) is 14.0 Å². The van der Waals surface area contributed by atoms with Crippen molar-refractivity contribution in [1.82, 2.24) is 10.2 Å². The number of Topliss-reactive ketones (excluding diaryl/α,β-unsaturated/α-hetero) is 1. The lowest BCUT2D eigenvalue weighted by molar-refractivity contribution is 0.0568. The van der Waals surface area contributed by atoms with Crippen LogP contribution in [-0.4, -0.2) is 55.6 Å². The van der Waals surface area contributed by atoms with Crippen LogP contribution in [0.4, 0.5) is 10.5 Å². The summed E-state index contributed by atoms with van der Waals surface area (Å²) in [5.74, 6) is 0.00421. The van der Waals surface area contributed by atoms with Crippen LogP contribution in [0.1, 0.15) is 24.2 Å². The van der Waals surface area contributed by atoms with Crippen LogP contribution in [0.2, 0.25) is 0 Å². The number of nitrogens with zero attached hydrogens (tertiary/aromatic N) is 1. The number of benzene rings is 1. The largest absolute Gasteiger partial charge is 0.375 e. The number of hydrogen-bond donors (Lipinski definition) is 2. The molecule has 2 amide bonds. The second-order valence-corrected chi connectivity index (χ2v) is 5.55. The maximum atomic E-state index is 12.1. The minimum atomic E-state index is -0.263. The van der Waals surface area contributed by atoms with E-state index in [-0.39, 0.29) is 24.0 Å². The van der Waals surface area contributed by atoms with Crippen LogP contribution in [0.15, 0.2) is 24.3 Å². The van der Waals surface area contributed by atoms with E-state index in [0.717, 1.165) is 13.1 Å². The topological polar surface area (TPSA) is 70.7 Å². The third kappa shape index (κ3) is 4.29. The molecule has 0 bridgehead atoms. The van der Waals surface area contributed by atoms with Crippen molar-refractivity contribution in [2.24, 2.45) is 0 Å². The molecule has 2 N–H and O–H groups in total. The lowest BCUT2D eigenvalue weighted by Crippen LogP contribution is -2.45. The number of likely N-dealkylation sites (tertiary alicyclic amines) is 1.